The zero-order chi connectivity index (χ0) is 30.5. The molecule has 2 N–H and O–H groups in total. The molecule has 4 atom stereocenters. The Balaban J connectivity index is 1.44. The highest BCUT2D eigenvalue weighted by molar-refractivity contribution is 6.28. The molecule has 1 aromatic carbocycles. The third-order valence-corrected chi connectivity index (χ3v) is 9.05. The molecule has 1 aliphatic heterocycles. The Morgan fingerprint density at radius 1 is 1.24 bits per heavy atom. The van der Waals surface area contributed by atoms with Crippen LogP contribution < -0.4 is 5.32 Å². The molecule has 9 heteroatoms. The van der Waals surface area contributed by atoms with Crippen LogP contribution in [0.5, 0.6) is 0 Å². The topological polar surface area (TPSA) is 84.3 Å². The summed E-state index contributed by atoms with van der Waals surface area (Å²) >= 11 is 6.28. The molecule has 2 heterocycles. The first kappa shape index (κ1) is 32.5. The predicted molar refractivity (Wildman–Crippen MR) is 162 cm³/mol. The summed E-state index contributed by atoms with van der Waals surface area (Å²) in [4.78, 5) is 21.7. The average molecular weight is 604 g/mol. The molecule has 0 amide bonds. The summed E-state index contributed by atoms with van der Waals surface area (Å²) in [7, 11) is 0. The van der Waals surface area contributed by atoms with Crippen LogP contribution in [-0.2, 0) is 28.0 Å². The molecule has 4 rings (SSSR count). The number of aliphatic hydroxyl groups is 1. The van der Waals surface area contributed by atoms with Gasteiger partial charge >= 0.3 is 0 Å². The van der Waals surface area contributed by atoms with Gasteiger partial charge in [-0.05, 0) is 82.7 Å². The van der Waals surface area contributed by atoms with Crippen LogP contribution in [0, 0.1) is 17.7 Å². The van der Waals surface area contributed by atoms with Crippen molar-refractivity contribution in [1.82, 2.24) is 9.97 Å². The number of anilines is 1. The maximum atomic E-state index is 16.1. The van der Waals surface area contributed by atoms with Crippen LogP contribution in [-0.4, -0.2) is 39.7 Å². The number of alkyl halides is 1. The third-order valence-electron chi connectivity index (χ3n) is 8.88. The van der Waals surface area contributed by atoms with Crippen molar-refractivity contribution >= 4 is 23.2 Å². The van der Waals surface area contributed by atoms with Crippen LogP contribution in [0.3, 0.4) is 0 Å². The van der Waals surface area contributed by atoms with Gasteiger partial charge < -0.3 is 15.2 Å². The lowest BCUT2D eigenvalue weighted by atomic mass is 9.78. The molecule has 1 aliphatic carbocycles. The Hall–Kier alpha value is -2.42. The lowest BCUT2D eigenvalue weighted by molar-refractivity contribution is -0.120. The number of rotatable bonds is 12. The van der Waals surface area contributed by atoms with Crippen LogP contribution in [0.1, 0.15) is 101 Å². The van der Waals surface area contributed by atoms with Crippen LogP contribution in [0.4, 0.5) is 14.6 Å². The second-order valence-corrected chi connectivity index (χ2v) is 12.9. The highest BCUT2D eigenvalue weighted by atomic mass is 35.5. The van der Waals surface area contributed by atoms with Crippen molar-refractivity contribution in [2.24, 2.45) is 11.8 Å². The van der Waals surface area contributed by atoms with Gasteiger partial charge in [0.1, 0.15) is 17.4 Å². The van der Waals surface area contributed by atoms with Crippen LogP contribution in [0.2, 0.25) is 5.28 Å². The van der Waals surface area contributed by atoms with E-state index in [1.807, 2.05) is 0 Å². The number of fused-ring (bicyclic) bond motifs is 1. The number of carbonyl (C=O) groups excluding carboxylic acids is 1. The first-order chi connectivity index (χ1) is 19.9. The fraction of sp³-hybridized carbons (Fsp3) is 0.606. The molecule has 0 bridgehead atoms. The highest BCUT2D eigenvalue weighted by Crippen LogP contribution is 2.43. The van der Waals surface area contributed by atoms with Gasteiger partial charge in [-0.3, -0.25) is 4.79 Å². The van der Waals surface area contributed by atoms with E-state index in [2.05, 4.69) is 21.9 Å². The van der Waals surface area contributed by atoms with Crippen molar-refractivity contribution in [2.75, 3.05) is 18.5 Å². The number of allylic oxidation sites excluding steroid dienone is 1. The fourth-order valence-corrected chi connectivity index (χ4v) is 6.52. The van der Waals surface area contributed by atoms with Crippen molar-refractivity contribution in [2.45, 2.75) is 102 Å². The maximum absolute atomic E-state index is 16.1. The SMILES string of the molecule is C=CCC(F)(c1cccc([C@@H](C)Nc2nc(Cl)nc3c2CC(CCC(=O)CC2CCCCOCC2)C3)c1F)C(C)(C)O. The summed E-state index contributed by atoms with van der Waals surface area (Å²) in [6, 6.07) is 3.96. The van der Waals surface area contributed by atoms with E-state index >= 15 is 8.78 Å². The van der Waals surface area contributed by atoms with Gasteiger partial charge in [-0.25, -0.2) is 18.7 Å². The minimum atomic E-state index is -2.36. The number of aromatic nitrogens is 2. The molecule has 42 heavy (non-hydrogen) atoms. The largest absolute Gasteiger partial charge is 0.387 e. The Morgan fingerprint density at radius 2 is 2.02 bits per heavy atom. The van der Waals surface area contributed by atoms with Crippen molar-refractivity contribution in [1.29, 1.82) is 0 Å². The number of hydrogen-bond donors (Lipinski definition) is 2. The molecule has 6 nitrogen and oxygen atoms in total. The first-order valence-electron chi connectivity index (χ1n) is 15.1. The molecule has 2 aliphatic rings. The van der Waals surface area contributed by atoms with E-state index < -0.39 is 23.1 Å². The maximum Gasteiger partial charge on any atom is 0.224 e. The summed E-state index contributed by atoms with van der Waals surface area (Å²) < 4.78 is 37.5. The first-order valence-corrected chi connectivity index (χ1v) is 15.5. The summed E-state index contributed by atoms with van der Waals surface area (Å²) in [6.45, 7) is 9.58. The van der Waals surface area contributed by atoms with Crippen molar-refractivity contribution in [3.8, 4) is 0 Å². The average Bonchev–Trinajstić information content (AvgIpc) is 3.31. The quantitative estimate of drug-likeness (QED) is 0.192. The lowest BCUT2D eigenvalue weighted by Gasteiger charge is -2.37. The highest BCUT2D eigenvalue weighted by Gasteiger charge is 2.47. The normalized spacial score (nSPS) is 21.5. The number of ketones is 1. The number of nitrogens with one attached hydrogen (secondary N) is 1. The van der Waals surface area contributed by atoms with E-state index in [4.69, 9.17) is 16.3 Å². The van der Waals surface area contributed by atoms with Gasteiger partial charge in [0.15, 0.2) is 5.67 Å². The van der Waals surface area contributed by atoms with Crippen LogP contribution in [0.15, 0.2) is 30.9 Å². The van der Waals surface area contributed by atoms with E-state index in [9.17, 15) is 9.90 Å². The molecule has 0 radical (unpaired) electrons. The zero-order valence-corrected chi connectivity index (χ0v) is 25.8. The molecule has 2 aromatic rings. The lowest BCUT2D eigenvalue weighted by Crippen LogP contribution is -2.44. The Labute approximate surface area is 253 Å². The van der Waals surface area contributed by atoms with Gasteiger partial charge in [0, 0.05) is 49.2 Å². The Bertz CT molecular complexity index is 1260. The summed E-state index contributed by atoms with van der Waals surface area (Å²) in [6.07, 6.45) is 8.62. The summed E-state index contributed by atoms with van der Waals surface area (Å²) in [5, 5.41) is 14.0. The zero-order valence-electron chi connectivity index (χ0n) is 25.0. The van der Waals surface area contributed by atoms with Crippen molar-refractivity contribution in [3.63, 3.8) is 0 Å². The Morgan fingerprint density at radius 3 is 2.76 bits per heavy atom. The second-order valence-electron chi connectivity index (χ2n) is 12.5. The van der Waals surface area contributed by atoms with Gasteiger partial charge in [0.25, 0.3) is 0 Å². The van der Waals surface area contributed by atoms with Gasteiger partial charge in [0.05, 0.1) is 17.3 Å². The monoisotopic (exact) mass is 603 g/mol. The molecule has 3 unspecified atom stereocenters. The summed E-state index contributed by atoms with van der Waals surface area (Å²) in [5.74, 6) is 0.738. The van der Waals surface area contributed by atoms with Crippen molar-refractivity contribution in [3.05, 3.63) is 64.3 Å². The molecule has 0 saturated carbocycles. The van der Waals surface area contributed by atoms with E-state index in [-0.39, 0.29) is 28.7 Å². The minimum Gasteiger partial charge on any atom is -0.387 e. The van der Waals surface area contributed by atoms with Crippen molar-refractivity contribution < 1.29 is 23.4 Å². The molecular weight excluding hydrogens is 560 g/mol. The number of carbonyl (C=O) groups is 1. The second kappa shape index (κ2) is 13.9. The fourth-order valence-electron chi connectivity index (χ4n) is 6.33. The van der Waals surface area contributed by atoms with Gasteiger partial charge in [-0.2, -0.15) is 0 Å². The number of ether oxygens (including phenoxy) is 1. The molecule has 1 saturated heterocycles. The molecule has 1 fully saturated rings. The van der Waals surface area contributed by atoms with Gasteiger partial charge in [0.2, 0.25) is 5.28 Å². The van der Waals surface area contributed by atoms with Gasteiger partial charge in [-0.1, -0.05) is 30.7 Å². The van der Waals surface area contributed by atoms with E-state index in [1.54, 1.807) is 19.1 Å². The number of hydrogen-bond acceptors (Lipinski definition) is 6. The number of halogens is 3. The standard InChI is InChI=1S/C33H44ClF2N3O3/c1-5-15-33(36,32(3,4)41)27-11-8-10-25(29(27)35)21(2)37-30-26-19-23(20-28(26)38-31(34)39-30)12-13-24(40)18-22-9-6-7-16-42-17-14-22/h5,8,10-11,21-23,41H,1,6-7,9,12-20H2,2-4H3,(H,37,38,39)/t21-,22?,23?,33?/m1/s1. The number of Topliss-reactive ketones (excluding diaryl/α,β-unsaturated/α-hetero) is 1. The predicted octanol–water partition coefficient (Wildman–Crippen LogP) is 7.62. The molecule has 1 aromatic heterocycles. The van der Waals surface area contributed by atoms with Crippen LogP contribution in [0.25, 0.3) is 0 Å². The number of nitrogens with zero attached hydrogens (tertiary/aromatic N) is 2. The number of benzene rings is 1. The smallest absolute Gasteiger partial charge is 0.224 e. The third kappa shape index (κ3) is 7.56. The summed E-state index contributed by atoms with van der Waals surface area (Å²) in [5.41, 5.74) is -2.42. The van der Waals surface area contributed by atoms with Crippen LogP contribution >= 0.6 is 11.6 Å². The van der Waals surface area contributed by atoms with E-state index in [0.29, 0.717) is 43.2 Å². The van der Waals surface area contributed by atoms with E-state index in [1.165, 1.54) is 26.0 Å². The molecule has 0 spiro atoms. The molecule has 230 valence electrons. The molecular formula is C33H44ClF2N3O3. The Kier molecular flexibility index (Phi) is 10.8. The van der Waals surface area contributed by atoms with E-state index in [0.717, 1.165) is 56.6 Å². The van der Waals surface area contributed by atoms with Gasteiger partial charge in [-0.15, -0.1) is 6.58 Å². The minimum absolute atomic E-state index is 0.0942.